The highest BCUT2D eigenvalue weighted by Crippen LogP contribution is 2.29. The van der Waals surface area contributed by atoms with Crippen molar-refractivity contribution in [2.45, 2.75) is 24.7 Å². The number of amides is 1. The Hall–Kier alpha value is -2.61. The van der Waals surface area contributed by atoms with Gasteiger partial charge in [-0.3, -0.25) is 14.9 Å². The Bertz CT molecular complexity index is 854. The quantitative estimate of drug-likeness (QED) is 0.386. The molecular formula is C21H26N4O3S. The summed E-state index contributed by atoms with van der Waals surface area (Å²) in [5, 5.41) is 11.3. The molecule has 2 heterocycles. The average Bonchev–Trinajstić information content (AvgIpc) is 2.77. The number of pyridine rings is 1. The second-order valence-corrected chi connectivity index (χ2v) is 7.95. The molecular weight excluding hydrogens is 388 g/mol. The van der Waals surface area contributed by atoms with E-state index in [-0.39, 0.29) is 11.6 Å². The van der Waals surface area contributed by atoms with Gasteiger partial charge < -0.3 is 9.80 Å². The maximum atomic E-state index is 13.0. The second-order valence-electron chi connectivity index (χ2n) is 7.11. The highest BCUT2D eigenvalue weighted by Gasteiger charge is 2.25. The van der Waals surface area contributed by atoms with Crippen molar-refractivity contribution in [2.24, 2.45) is 5.92 Å². The first-order valence-corrected chi connectivity index (χ1v) is 11.0. The van der Waals surface area contributed by atoms with Crippen molar-refractivity contribution in [3.05, 3.63) is 58.3 Å². The number of thioether (sulfide) groups is 1. The van der Waals surface area contributed by atoms with E-state index in [0.29, 0.717) is 29.5 Å². The molecule has 0 N–H and O–H groups in total. The predicted molar refractivity (Wildman–Crippen MR) is 116 cm³/mol. The first kappa shape index (κ1) is 21.1. The molecule has 1 saturated heterocycles. The molecule has 0 atom stereocenters. The zero-order valence-electron chi connectivity index (χ0n) is 16.8. The lowest BCUT2D eigenvalue weighted by Gasteiger charge is -2.35. The van der Waals surface area contributed by atoms with Crippen molar-refractivity contribution < 1.29 is 9.72 Å². The number of nitro groups is 1. The van der Waals surface area contributed by atoms with Crippen LogP contribution in [0.15, 0.2) is 47.5 Å². The lowest BCUT2D eigenvalue weighted by atomic mass is 9.95. The van der Waals surface area contributed by atoms with Crippen molar-refractivity contribution in [1.29, 1.82) is 0 Å². The number of benzene rings is 1. The second kappa shape index (κ2) is 9.73. The summed E-state index contributed by atoms with van der Waals surface area (Å²) in [4.78, 5) is 32.9. The molecule has 7 nitrogen and oxygen atoms in total. The topological polar surface area (TPSA) is 79.6 Å². The molecule has 2 aromatic rings. The van der Waals surface area contributed by atoms with Gasteiger partial charge in [-0.1, -0.05) is 6.07 Å². The van der Waals surface area contributed by atoms with Gasteiger partial charge in [-0.15, -0.1) is 11.8 Å². The molecule has 8 heteroatoms. The molecule has 1 fully saturated rings. The fraction of sp³-hybridized carbons (Fsp3) is 0.429. The Labute approximate surface area is 175 Å². The summed E-state index contributed by atoms with van der Waals surface area (Å²) in [7, 11) is 0. The molecule has 0 spiro atoms. The van der Waals surface area contributed by atoms with Gasteiger partial charge in [0.2, 0.25) is 0 Å². The van der Waals surface area contributed by atoms with Crippen LogP contribution < -0.4 is 4.90 Å². The van der Waals surface area contributed by atoms with Gasteiger partial charge >= 0.3 is 0 Å². The van der Waals surface area contributed by atoms with Gasteiger partial charge in [-0.05, 0) is 56.2 Å². The highest BCUT2D eigenvalue weighted by atomic mass is 32.2. The van der Waals surface area contributed by atoms with Gasteiger partial charge in [0.05, 0.1) is 9.82 Å². The molecule has 0 bridgehead atoms. The van der Waals surface area contributed by atoms with Gasteiger partial charge in [0.1, 0.15) is 5.82 Å². The van der Waals surface area contributed by atoms with Crippen LogP contribution in [0.4, 0.5) is 11.5 Å². The Morgan fingerprint density at radius 2 is 2.07 bits per heavy atom. The van der Waals surface area contributed by atoms with E-state index >= 15 is 0 Å². The zero-order valence-corrected chi connectivity index (χ0v) is 17.6. The van der Waals surface area contributed by atoms with E-state index in [9.17, 15) is 14.9 Å². The number of nitro benzene ring substituents is 1. The molecule has 0 radical (unpaired) electrons. The molecule has 1 aliphatic rings. The number of piperidine rings is 1. The standard InChI is InChI=1S/C21H26N4O3S/c1-3-23(21(26)17-7-8-19(29-2)18(14-17)25(27)28)15-16-9-12-24(13-10-16)20-6-4-5-11-22-20/h4-8,11,14,16H,3,9-10,12-13,15H2,1-2H3. The minimum absolute atomic E-state index is 0.0110. The van der Waals surface area contributed by atoms with Crippen molar-refractivity contribution in [1.82, 2.24) is 9.88 Å². The number of carbonyl (C=O) groups excluding carboxylic acids is 1. The minimum Gasteiger partial charge on any atom is -0.357 e. The van der Waals surface area contributed by atoms with Gasteiger partial charge in [0.25, 0.3) is 11.6 Å². The molecule has 0 unspecified atom stereocenters. The van der Waals surface area contributed by atoms with Gasteiger partial charge in [0.15, 0.2) is 0 Å². The number of nitrogens with zero attached hydrogens (tertiary/aromatic N) is 4. The Balaban J connectivity index is 1.64. The third-order valence-electron chi connectivity index (χ3n) is 5.36. The third kappa shape index (κ3) is 5.06. The third-order valence-corrected chi connectivity index (χ3v) is 6.14. The molecule has 29 heavy (non-hydrogen) atoms. The van der Waals surface area contributed by atoms with Crippen LogP contribution in [-0.2, 0) is 0 Å². The van der Waals surface area contributed by atoms with E-state index in [1.165, 1.54) is 17.8 Å². The first-order valence-electron chi connectivity index (χ1n) is 9.81. The summed E-state index contributed by atoms with van der Waals surface area (Å²) < 4.78 is 0. The van der Waals surface area contributed by atoms with Crippen LogP contribution in [0.25, 0.3) is 0 Å². The Kier molecular flexibility index (Phi) is 7.09. The van der Waals surface area contributed by atoms with E-state index in [2.05, 4.69) is 9.88 Å². The van der Waals surface area contributed by atoms with E-state index in [4.69, 9.17) is 0 Å². The summed E-state index contributed by atoms with van der Waals surface area (Å²) in [6.07, 6.45) is 5.58. The normalized spacial score (nSPS) is 14.6. The molecule has 3 rings (SSSR count). The van der Waals surface area contributed by atoms with Crippen LogP contribution in [-0.4, -0.2) is 53.1 Å². The Morgan fingerprint density at radius 3 is 2.66 bits per heavy atom. The maximum Gasteiger partial charge on any atom is 0.283 e. The largest absolute Gasteiger partial charge is 0.357 e. The summed E-state index contributed by atoms with van der Waals surface area (Å²) in [6.45, 7) is 5.04. The molecule has 154 valence electrons. The minimum atomic E-state index is -0.424. The lowest BCUT2D eigenvalue weighted by molar-refractivity contribution is -0.387. The van der Waals surface area contributed by atoms with Crippen molar-refractivity contribution >= 4 is 29.2 Å². The van der Waals surface area contributed by atoms with Crippen LogP contribution in [0.5, 0.6) is 0 Å². The van der Waals surface area contributed by atoms with Crippen molar-refractivity contribution in [3.63, 3.8) is 0 Å². The van der Waals surface area contributed by atoms with Crippen LogP contribution in [0.3, 0.4) is 0 Å². The van der Waals surface area contributed by atoms with E-state index < -0.39 is 4.92 Å². The molecule has 0 aliphatic carbocycles. The van der Waals surface area contributed by atoms with Crippen molar-refractivity contribution in [2.75, 3.05) is 37.3 Å². The molecule has 1 aromatic heterocycles. The number of hydrogen-bond acceptors (Lipinski definition) is 6. The average molecular weight is 415 g/mol. The number of hydrogen-bond donors (Lipinski definition) is 0. The molecule has 0 saturated carbocycles. The summed E-state index contributed by atoms with van der Waals surface area (Å²) in [5.41, 5.74) is 0.366. The summed E-state index contributed by atoms with van der Waals surface area (Å²) >= 11 is 1.31. The fourth-order valence-corrected chi connectivity index (χ4v) is 4.25. The predicted octanol–water partition coefficient (Wildman–Crippen LogP) is 4.09. The van der Waals surface area contributed by atoms with Crippen LogP contribution in [0.2, 0.25) is 0 Å². The molecule has 1 amide bonds. The van der Waals surface area contributed by atoms with E-state index in [0.717, 1.165) is 31.7 Å². The summed E-state index contributed by atoms with van der Waals surface area (Å²) in [5.74, 6) is 1.27. The number of aromatic nitrogens is 1. The molecule has 1 aliphatic heterocycles. The molecule has 1 aromatic carbocycles. The van der Waals surface area contributed by atoms with Crippen molar-refractivity contribution in [3.8, 4) is 0 Å². The van der Waals surface area contributed by atoms with E-state index in [1.807, 2.05) is 25.1 Å². The maximum absolute atomic E-state index is 13.0. The SMILES string of the molecule is CCN(CC1CCN(c2ccccn2)CC1)C(=O)c1ccc(SC)c([N+](=O)[O-])c1. The monoisotopic (exact) mass is 414 g/mol. The number of carbonyl (C=O) groups is 1. The lowest BCUT2D eigenvalue weighted by Crippen LogP contribution is -2.41. The highest BCUT2D eigenvalue weighted by molar-refractivity contribution is 7.98. The number of rotatable bonds is 7. The fourth-order valence-electron chi connectivity index (χ4n) is 3.70. The Morgan fingerprint density at radius 1 is 1.31 bits per heavy atom. The number of anilines is 1. The van der Waals surface area contributed by atoms with Gasteiger partial charge in [-0.25, -0.2) is 4.98 Å². The van der Waals surface area contributed by atoms with Gasteiger partial charge in [0, 0.05) is 44.0 Å². The smallest absolute Gasteiger partial charge is 0.283 e. The van der Waals surface area contributed by atoms with Crippen LogP contribution >= 0.6 is 11.8 Å². The van der Waals surface area contributed by atoms with E-state index in [1.54, 1.807) is 29.5 Å². The van der Waals surface area contributed by atoms with Gasteiger partial charge in [-0.2, -0.15) is 0 Å². The van der Waals surface area contributed by atoms with Crippen LogP contribution in [0, 0.1) is 16.0 Å². The first-order chi connectivity index (χ1) is 14.0. The summed E-state index contributed by atoms with van der Waals surface area (Å²) in [6, 6.07) is 10.7. The van der Waals surface area contributed by atoms with Crippen LogP contribution in [0.1, 0.15) is 30.1 Å². The zero-order chi connectivity index (χ0) is 20.8.